The number of H-pyrrole nitrogens is 1. The van der Waals surface area contributed by atoms with E-state index in [1.54, 1.807) is 13.0 Å². The van der Waals surface area contributed by atoms with Crippen molar-refractivity contribution < 1.29 is 4.39 Å². The molecule has 7 heteroatoms. The molecule has 0 radical (unpaired) electrons. The number of rotatable bonds is 4. The highest BCUT2D eigenvalue weighted by Gasteiger charge is 2.17. The Morgan fingerprint density at radius 1 is 1.38 bits per heavy atom. The number of aromatic nitrogens is 2. The van der Waals surface area contributed by atoms with Gasteiger partial charge in [0.25, 0.3) is 5.56 Å². The molecule has 2 rings (SSSR count). The first-order valence-corrected chi connectivity index (χ1v) is 8.02. The zero-order valence-corrected chi connectivity index (χ0v) is 13.1. The standard InChI is InChI=1S/C14H14ClFN2O2S/c1-8(7-21-2)18-13(19)10(6-17-14(18)20)9-4-3-5-11(16)12(9)15/h3-6,8H,7H2,1-2H3,(H,17,20)/t8-/m0/s1. The Balaban J connectivity index is 2.67. The molecule has 0 amide bonds. The van der Waals surface area contributed by atoms with Crippen LogP contribution >= 0.6 is 23.4 Å². The van der Waals surface area contributed by atoms with Gasteiger partial charge in [0.1, 0.15) is 5.82 Å². The van der Waals surface area contributed by atoms with Crippen molar-refractivity contribution >= 4 is 23.4 Å². The summed E-state index contributed by atoms with van der Waals surface area (Å²) in [7, 11) is 0. The molecule has 1 N–H and O–H groups in total. The van der Waals surface area contributed by atoms with Crippen LogP contribution in [0.4, 0.5) is 4.39 Å². The first-order valence-electron chi connectivity index (χ1n) is 6.25. The van der Waals surface area contributed by atoms with Crippen molar-refractivity contribution in [3.8, 4) is 11.1 Å². The van der Waals surface area contributed by atoms with Crippen LogP contribution in [-0.4, -0.2) is 21.6 Å². The summed E-state index contributed by atoms with van der Waals surface area (Å²) in [6.45, 7) is 1.78. The van der Waals surface area contributed by atoms with Gasteiger partial charge in [0.2, 0.25) is 0 Å². The zero-order valence-electron chi connectivity index (χ0n) is 11.5. The summed E-state index contributed by atoms with van der Waals surface area (Å²) in [6, 6.07) is 3.95. The number of halogens is 2. The maximum atomic E-state index is 13.5. The average Bonchev–Trinajstić information content (AvgIpc) is 2.43. The molecule has 0 aliphatic rings. The molecular formula is C14H14ClFN2O2S. The minimum atomic E-state index is -0.608. The molecule has 0 saturated heterocycles. The summed E-state index contributed by atoms with van der Waals surface area (Å²) in [6.07, 6.45) is 3.16. The van der Waals surface area contributed by atoms with E-state index in [0.29, 0.717) is 5.75 Å². The lowest BCUT2D eigenvalue weighted by Gasteiger charge is -2.14. The summed E-state index contributed by atoms with van der Waals surface area (Å²) in [4.78, 5) is 26.9. The average molecular weight is 329 g/mol. The highest BCUT2D eigenvalue weighted by atomic mass is 35.5. The number of nitrogens with zero attached hydrogens (tertiary/aromatic N) is 1. The molecule has 1 heterocycles. The first kappa shape index (κ1) is 15.9. The number of hydrogen-bond donors (Lipinski definition) is 1. The molecule has 2 aromatic rings. The lowest BCUT2D eigenvalue weighted by atomic mass is 10.1. The quantitative estimate of drug-likeness (QED) is 0.939. The number of aromatic amines is 1. The predicted octanol–water partition coefficient (Wildman–Crippen LogP) is 2.92. The van der Waals surface area contributed by atoms with E-state index in [-0.39, 0.29) is 22.2 Å². The summed E-state index contributed by atoms with van der Waals surface area (Å²) < 4.78 is 14.7. The minimum absolute atomic E-state index is 0.134. The lowest BCUT2D eigenvalue weighted by molar-refractivity contribution is 0.555. The van der Waals surface area contributed by atoms with Gasteiger partial charge in [-0.3, -0.25) is 9.36 Å². The molecule has 0 unspecified atom stereocenters. The molecule has 0 aliphatic carbocycles. The molecule has 0 spiro atoms. The molecule has 0 bridgehead atoms. The van der Waals surface area contributed by atoms with Gasteiger partial charge in [0.05, 0.1) is 10.6 Å². The molecule has 1 aromatic heterocycles. The summed E-state index contributed by atoms with van der Waals surface area (Å²) in [5.41, 5.74) is -0.527. The van der Waals surface area contributed by atoms with Crippen LogP contribution in [0, 0.1) is 5.82 Å². The van der Waals surface area contributed by atoms with Crippen LogP contribution in [0.5, 0.6) is 0 Å². The number of hydrogen-bond acceptors (Lipinski definition) is 3. The maximum absolute atomic E-state index is 13.5. The van der Waals surface area contributed by atoms with Gasteiger partial charge in [-0.2, -0.15) is 11.8 Å². The number of benzene rings is 1. The van der Waals surface area contributed by atoms with Gasteiger partial charge >= 0.3 is 5.69 Å². The van der Waals surface area contributed by atoms with Crippen LogP contribution in [0.15, 0.2) is 34.0 Å². The van der Waals surface area contributed by atoms with Crippen molar-refractivity contribution in [2.75, 3.05) is 12.0 Å². The number of thioether (sulfide) groups is 1. The third kappa shape index (κ3) is 3.06. The predicted molar refractivity (Wildman–Crippen MR) is 84.8 cm³/mol. The van der Waals surface area contributed by atoms with Gasteiger partial charge in [-0.25, -0.2) is 9.18 Å². The topological polar surface area (TPSA) is 54.9 Å². The monoisotopic (exact) mass is 328 g/mol. The Kier molecular flexibility index (Phi) is 4.90. The highest BCUT2D eigenvalue weighted by molar-refractivity contribution is 7.98. The number of nitrogens with one attached hydrogen (secondary N) is 1. The first-order chi connectivity index (χ1) is 9.97. The van der Waals surface area contributed by atoms with E-state index in [0.717, 1.165) is 4.57 Å². The minimum Gasteiger partial charge on any atom is -0.313 e. The normalized spacial score (nSPS) is 12.4. The van der Waals surface area contributed by atoms with Crippen molar-refractivity contribution in [1.82, 2.24) is 9.55 Å². The van der Waals surface area contributed by atoms with Crippen molar-refractivity contribution in [3.05, 3.63) is 56.1 Å². The van der Waals surface area contributed by atoms with Gasteiger partial charge in [-0.15, -0.1) is 0 Å². The fourth-order valence-electron chi connectivity index (χ4n) is 2.11. The van der Waals surface area contributed by atoms with E-state index < -0.39 is 17.1 Å². The van der Waals surface area contributed by atoms with E-state index in [2.05, 4.69) is 4.98 Å². The summed E-state index contributed by atoms with van der Waals surface area (Å²) in [5, 5.41) is -0.134. The SMILES string of the molecule is CSC[C@H](C)n1c(=O)[nH]cc(-c2cccc(F)c2Cl)c1=O. The van der Waals surface area contributed by atoms with Gasteiger partial charge < -0.3 is 4.98 Å². The molecule has 0 fully saturated rings. The second kappa shape index (κ2) is 6.49. The molecule has 1 aromatic carbocycles. The molecule has 21 heavy (non-hydrogen) atoms. The van der Waals surface area contributed by atoms with E-state index >= 15 is 0 Å². The third-order valence-electron chi connectivity index (χ3n) is 3.10. The van der Waals surface area contributed by atoms with Crippen molar-refractivity contribution in [3.63, 3.8) is 0 Å². The lowest BCUT2D eigenvalue weighted by Crippen LogP contribution is -2.38. The van der Waals surface area contributed by atoms with Crippen LogP contribution in [-0.2, 0) is 0 Å². The van der Waals surface area contributed by atoms with Crippen LogP contribution in [0.25, 0.3) is 11.1 Å². The van der Waals surface area contributed by atoms with Crippen LogP contribution in [0.1, 0.15) is 13.0 Å². The van der Waals surface area contributed by atoms with Gasteiger partial charge in [-0.1, -0.05) is 23.7 Å². The molecule has 1 atom stereocenters. The Morgan fingerprint density at radius 3 is 2.76 bits per heavy atom. The summed E-state index contributed by atoms with van der Waals surface area (Å²) >= 11 is 7.44. The van der Waals surface area contributed by atoms with E-state index in [4.69, 9.17) is 11.6 Å². The maximum Gasteiger partial charge on any atom is 0.328 e. The summed E-state index contributed by atoms with van der Waals surface area (Å²) in [5.74, 6) is 0.00652. The van der Waals surface area contributed by atoms with Crippen molar-refractivity contribution in [2.45, 2.75) is 13.0 Å². The van der Waals surface area contributed by atoms with Crippen molar-refractivity contribution in [2.24, 2.45) is 0 Å². The van der Waals surface area contributed by atoms with Crippen LogP contribution in [0.3, 0.4) is 0 Å². The van der Waals surface area contributed by atoms with E-state index in [1.165, 1.54) is 30.1 Å². The van der Waals surface area contributed by atoms with E-state index in [9.17, 15) is 14.0 Å². The molecule has 0 aliphatic heterocycles. The second-order valence-corrected chi connectivity index (χ2v) is 5.88. The Hall–Kier alpha value is -1.53. The Morgan fingerprint density at radius 2 is 2.10 bits per heavy atom. The highest BCUT2D eigenvalue weighted by Crippen LogP contribution is 2.27. The molecular weight excluding hydrogens is 315 g/mol. The zero-order chi connectivity index (χ0) is 15.6. The van der Waals surface area contributed by atoms with Crippen LogP contribution in [0.2, 0.25) is 5.02 Å². The van der Waals surface area contributed by atoms with Gasteiger partial charge in [0.15, 0.2) is 0 Å². The molecule has 4 nitrogen and oxygen atoms in total. The molecule has 112 valence electrons. The third-order valence-corrected chi connectivity index (χ3v) is 4.30. The van der Waals surface area contributed by atoms with Gasteiger partial charge in [-0.05, 0) is 19.2 Å². The Bertz CT molecular complexity index is 772. The largest absolute Gasteiger partial charge is 0.328 e. The molecule has 0 saturated carbocycles. The van der Waals surface area contributed by atoms with Crippen LogP contribution < -0.4 is 11.2 Å². The fraction of sp³-hybridized carbons (Fsp3) is 0.286. The van der Waals surface area contributed by atoms with E-state index in [1.807, 2.05) is 6.26 Å². The van der Waals surface area contributed by atoms with Gasteiger partial charge in [0, 0.05) is 23.6 Å². The smallest absolute Gasteiger partial charge is 0.313 e. The van der Waals surface area contributed by atoms with Crippen molar-refractivity contribution in [1.29, 1.82) is 0 Å². The Labute approximate surface area is 130 Å². The fourth-order valence-corrected chi connectivity index (χ4v) is 2.97. The second-order valence-electron chi connectivity index (χ2n) is 4.59.